The fraction of sp³-hybridized carbons (Fsp3) is 0.783. The fourth-order valence-electron chi connectivity index (χ4n) is 11.1. The molecule has 0 heterocycles. The van der Waals surface area contributed by atoms with Crippen molar-refractivity contribution in [3.05, 3.63) is 85.1 Å². The number of aliphatic hydroxyl groups is 1. The maximum atomic E-state index is 13.1. The van der Waals surface area contributed by atoms with Gasteiger partial charge in [-0.25, -0.2) is 9.13 Å². The van der Waals surface area contributed by atoms with Gasteiger partial charge in [0.2, 0.25) is 0 Å². The van der Waals surface area contributed by atoms with Gasteiger partial charge in [0, 0.05) is 25.7 Å². The summed E-state index contributed by atoms with van der Waals surface area (Å²) in [5, 5.41) is 10.6. The van der Waals surface area contributed by atoms with Gasteiger partial charge >= 0.3 is 39.5 Å². The lowest BCUT2D eigenvalue weighted by atomic mass is 10.0. The Labute approximate surface area is 621 Å². The highest BCUT2D eigenvalue weighted by Crippen LogP contribution is 2.45. The van der Waals surface area contributed by atoms with Crippen LogP contribution in [0.5, 0.6) is 0 Å². The molecule has 102 heavy (non-hydrogen) atoms. The van der Waals surface area contributed by atoms with Gasteiger partial charge in [0.25, 0.3) is 0 Å². The summed E-state index contributed by atoms with van der Waals surface area (Å²) in [6, 6.07) is 0. The zero-order chi connectivity index (χ0) is 74.6. The van der Waals surface area contributed by atoms with E-state index in [0.29, 0.717) is 25.7 Å². The van der Waals surface area contributed by atoms with E-state index >= 15 is 0 Å². The molecule has 0 aliphatic carbocycles. The van der Waals surface area contributed by atoms with Gasteiger partial charge in [0.05, 0.1) is 26.4 Å². The van der Waals surface area contributed by atoms with Gasteiger partial charge in [-0.15, -0.1) is 0 Å². The molecule has 0 saturated heterocycles. The minimum atomic E-state index is -4.99. The minimum absolute atomic E-state index is 0.0557. The number of phosphoric ester groups is 2. The number of rotatable bonds is 77. The van der Waals surface area contributed by atoms with Crippen molar-refractivity contribution in [1.29, 1.82) is 0 Å². The van der Waals surface area contributed by atoms with Crippen LogP contribution < -0.4 is 0 Å². The molecule has 0 spiro atoms. The average molecular weight is 1480 g/mol. The van der Waals surface area contributed by atoms with Crippen LogP contribution in [0.25, 0.3) is 0 Å². The van der Waals surface area contributed by atoms with E-state index in [1.165, 1.54) is 128 Å². The molecule has 3 N–H and O–H groups in total. The first-order chi connectivity index (χ1) is 49.7. The predicted octanol–water partition coefficient (Wildman–Crippen LogP) is 23.8. The molecule has 0 aromatic carbocycles. The normalized spacial score (nSPS) is 14.3. The Kier molecular flexibility index (Phi) is 72.7. The SMILES string of the molecule is CC/C=C\C/C=C\C/C=C\C/C=C\C/C=C\CCCCCC(=O)O[C@H](COC(=O)CCCCCCC/C=C\CCCCCCCC)COP(=O)(O)OC[C@@H](O)COP(=O)(O)OC[C@@H](COC(=O)CCCCCCCCC/C=C\CCCCCC)OC(=O)CCCCCCCCCCCCCCC. The van der Waals surface area contributed by atoms with Crippen molar-refractivity contribution in [3.63, 3.8) is 0 Å². The van der Waals surface area contributed by atoms with Gasteiger partial charge < -0.3 is 33.8 Å². The highest BCUT2D eigenvalue weighted by Gasteiger charge is 2.30. The second-order valence-corrected chi connectivity index (χ2v) is 30.2. The van der Waals surface area contributed by atoms with Gasteiger partial charge in [-0.1, -0.05) is 299 Å². The van der Waals surface area contributed by atoms with Crippen LogP contribution in [-0.2, 0) is 65.4 Å². The molecule has 2 unspecified atom stereocenters. The summed E-state index contributed by atoms with van der Waals surface area (Å²) in [5.41, 5.74) is 0. The fourth-order valence-corrected chi connectivity index (χ4v) is 12.7. The van der Waals surface area contributed by atoms with Gasteiger partial charge in [0.15, 0.2) is 12.2 Å². The Hall–Kier alpha value is -3.76. The molecular formula is C83H148O17P2. The maximum absolute atomic E-state index is 13.1. The third kappa shape index (κ3) is 74.5. The molecule has 19 heteroatoms. The largest absolute Gasteiger partial charge is 0.472 e. The zero-order valence-corrected chi connectivity index (χ0v) is 66.6. The quantitative estimate of drug-likeness (QED) is 0.0169. The van der Waals surface area contributed by atoms with Crippen LogP contribution in [-0.4, -0.2) is 96.7 Å². The first kappa shape index (κ1) is 98.2. The average Bonchev–Trinajstić information content (AvgIpc) is 0.908. The zero-order valence-electron chi connectivity index (χ0n) is 64.8. The van der Waals surface area contributed by atoms with Gasteiger partial charge in [-0.3, -0.25) is 37.3 Å². The van der Waals surface area contributed by atoms with E-state index in [2.05, 4.69) is 113 Å². The van der Waals surface area contributed by atoms with Crippen LogP contribution in [0.4, 0.5) is 0 Å². The molecule has 0 amide bonds. The van der Waals surface area contributed by atoms with Crippen molar-refractivity contribution in [2.45, 2.75) is 380 Å². The van der Waals surface area contributed by atoms with Crippen LogP contribution in [0.1, 0.15) is 362 Å². The topological polar surface area (TPSA) is 237 Å². The summed E-state index contributed by atoms with van der Waals surface area (Å²) >= 11 is 0. The van der Waals surface area contributed by atoms with E-state index in [-0.39, 0.29) is 25.7 Å². The molecule has 0 fully saturated rings. The number of carbonyl (C=O) groups is 4. The van der Waals surface area contributed by atoms with Crippen molar-refractivity contribution in [2.75, 3.05) is 39.6 Å². The summed E-state index contributed by atoms with van der Waals surface area (Å²) in [6.45, 7) is 4.75. The van der Waals surface area contributed by atoms with Crippen LogP contribution >= 0.6 is 15.6 Å². The number of allylic oxidation sites excluding steroid dienone is 14. The molecule has 592 valence electrons. The Bertz CT molecular complexity index is 2260. The number of phosphoric acid groups is 2. The number of unbranched alkanes of at least 4 members (excludes halogenated alkanes) is 37. The second kappa shape index (κ2) is 75.5. The van der Waals surface area contributed by atoms with E-state index < -0.39 is 97.5 Å². The Morgan fingerprint density at radius 1 is 0.284 bits per heavy atom. The molecule has 0 radical (unpaired) electrons. The van der Waals surface area contributed by atoms with Crippen molar-refractivity contribution >= 4 is 39.5 Å². The summed E-state index contributed by atoms with van der Waals surface area (Å²) in [4.78, 5) is 73.0. The maximum Gasteiger partial charge on any atom is 0.472 e. The van der Waals surface area contributed by atoms with Crippen molar-refractivity contribution < 1.29 is 80.2 Å². The first-order valence-electron chi connectivity index (χ1n) is 40.8. The number of aliphatic hydroxyl groups excluding tert-OH is 1. The second-order valence-electron chi connectivity index (χ2n) is 27.3. The Morgan fingerprint density at radius 3 is 0.814 bits per heavy atom. The highest BCUT2D eigenvalue weighted by molar-refractivity contribution is 7.47. The molecule has 0 aromatic heterocycles. The number of carbonyl (C=O) groups excluding carboxylic acids is 4. The number of hydrogen-bond donors (Lipinski definition) is 3. The molecule has 0 aliphatic rings. The van der Waals surface area contributed by atoms with Gasteiger partial charge in [-0.05, 0) is 122 Å². The molecule has 0 bridgehead atoms. The third-order valence-electron chi connectivity index (χ3n) is 17.3. The van der Waals surface area contributed by atoms with Gasteiger partial charge in [-0.2, -0.15) is 0 Å². The minimum Gasteiger partial charge on any atom is -0.462 e. The summed E-state index contributed by atoms with van der Waals surface area (Å²) < 4.78 is 68.6. The molecule has 5 atom stereocenters. The first-order valence-corrected chi connectivity index (χ1v) is 43.8. The molecule has 0 rings (SSSR count). The predicted molar refractivity (Wildman–Crippen MR) is 418 cm³/mol. The van der Waals surface area contributed by atoms with Crippen molar-refractivity contribution in [2.24, 2.45) is 0 Å². The highest BCUT2D eigenvalue weighted by atomic mass is 31.2. The van der Waals surface area contributed by atoms with Gasteiger partial charge in [0.1, 0.15) is 19.3 Å². The Balaban J connectivity index is 5.37. The van der Waals surface area contributed by atoms with Crippen LogP contribution in [0.3, 0.4) is 0 Å². The molecule has 0 aliphatic heterocycles. The monoisotopic (exact) mass is 1480 g/mol. The number of ether oxygens (including phenoxy) is 4. The van der Waals surface area contributed by atoms with Crippen molar-refractivity contribution in [1.82, 2.24) is 0 Å². The number of esters is 4. The van der Waals surface area contributed by atoms with Crippen molar-refractivity contribution in [3.8, 4) is 0 Å². The lowest BCUT2D eigenvalue weighted by molar-refractivity contribution is -0.161. The van der Waals surface area contributed by atoms with Crippen LogP contribution in [0.2, 0.25) is 0 Å². The van der Waals surface area contributed by atoms with E-state index in [1.807, 2.05) is 0 Å². The smallest absolute Gasteiger partial charge is 0.462 e. The lowest BCUT2D eigenvalue weighted by Crippen LogP contribution is -2.30. The van der Waals surface area contributed by atoms with E-state index in [9.17, 15) is 43.2 Å². The summed E-state index contributed by atoms with van der Waals surface area (Å²) in [7, 11) is -9.96. The van der Waals surface area contributed by atoms with Crippen LogP contribution in [0.15, 0.2) is 85.1 Å². The Morgan fingerprint density at radius 2 is 0.510 bits per heavy atom. The summed E-state index contributed by atoms with van der Waals surface area (Å²) in [5.74, 6) is -2.20. The molecule has 0 saturated carbocycles. The van der Waals surface area contributed by atoms with E-state index in [1.54, 1.807) is 0 Å². The number of hydrogen-bond acceptors (Lipinski definition) is 15. The molecule has 0 aromatic rings. The third-order valence-corrected chi connectivity index (χ3v) is 19.2. The standard InChI is InChI=1S/C83H148O17P2/c1-5-9-13-17-21-25-29-33-36-37-38-39-42-46-50-54-58-62-66-70-83(88)100-79(74-94-81(86)68-64-60-56-52-48-45-41-35-31-27-23-19-15-11-7-3)76-98-102(91,92)96-72-77(84)71-95-101(89,90)97-75-78(99-82(87)69-65-61-57-53-49-43-32-28-24-20-16-12-8-4)73-93-80(85)67-63-59-55-51-47-44-40-34-30-26-22-18-14-10-6-2/h9,13,21,25-26,30,33,35-36,38-39,41,46,50,77-79,84H,5-8,10-12,14-20,22-24,27-29,31-32,34,37,40,42-45,47-49,51-76H2,1-4H3,(H,89,90)(H,91,92)/b13-9-,25-21-,30-26-,36-33-,39-38-,41-35-,50-46-/t77-,78+,79+/m0/s1. The summed E-state index contributed by atoms with van der Waals surface area (Å²) in [6.07, 6.45) is 78.4. The lowest BCUT2D eigenvalue weighted by Gasteiger charge is -2.21. The van der Waals surface area contributed by atoms with Crippen LogP contribution in [0, 0.1) is 0 Å². The van der Waals surface area contributed by atoms with E-state index in [4.69, 9.17) is 37.0 Å². The molecular weight excluding hydrogens is 1330 g/mol. The van der Waals surface area contributed by atoms with E-state index in [0.717, 1.165) is 154 Å². The molecule has 17 nitrogen and oxygen atoms in total.